The summed E-state index contributed by atoms with van der Waals surface area (Å²) in [5.41, 5.74) is 0.758. The lowest BCUT2D eigenvalue weighted by Gasteiger charge is -2.16. The van der Waals surface area contributed by atoms with E-state index in [1.165, 1.54) is 7.11 Å². The van der Waals surface area contributed by atoms with Crippen LogP contribution in [0.2, 0.25) is 0 Å². The van der Waals surface area contributed by atoms with Gasteiger partial charge in [-0.05, 0) is 42.1 Å². The van der Waals surface area contributed by atoms with Crippen molar-refractivity contribution in [3.8, 4) is 0 Å². The number of hydrogen-bond donors (Lipinski definition) is 1. The Labute approximate surface area is 104 Å². The van der Waals surface area contributed by atoms with E-state index in [2.05, 4.69) is 33.0 Å². The van der Waals surface area contributed by atoms with Gasteiger partial charge in [0.2, 0.25) is 0 Å². The SMILES string of the molecule is COC(=O)C(NCC1C(C)(C)C1(C)C)C1CC1. The monoisotopic (exact) mass is 239 g/mol. The number of carbonyl (C=O) groups excluding carboxylic acids is 1. The molecule has 0 aromatic carbocycles. The zero-order valence-corrected chi connectivity index (χ0v) is 11.7. The minimum Gasteiger partial charge on any atom is -0.468 e. The van der Waals surface area contributed by atoms with E-state index in [0.717, 1.165) is 19.4 Å². The number of esters is 1. The zero-order valence-electron chi connectivity index (χ0n) is 11.7. The molecule has 3 heteroatoms. The van der Waals surface area contributed by atoms with E-state index in [9.17, 15) is 4.79 Å². The van der Waals surface area contributed by atoms with Crippen LogP contribution in [0.4, 0.5) is 0 Å². The van der Waals surface area contributed by atoms with Gasteiger partial charge in [0.05, 0.1) is 7.11 Å². The first kappa shape index (κ1) is 12.9. The Morgan fingerprint density at radius 2 is 1.82 bits per heavy atom. The molecule has 2 aliphatic rings. The van der Waals surface area contributed by atoms with Crippen LogP contribution in [0.1, 0.15) is 40.5 Å². The van der Waals surface area contributed by atoms with Crippen molar-refractivity contribution in [2.45, 2.75) is 46.6 Å². The van der Waals surface area contributed by atoms with Gasteiger partial charge in [-0.25, -0.2) is 0 Å². The summed E-state index contributed by atoms with van der Waals surface area (Å²) in [6.45, 7) is 10.2. The van der Waals surface area contributed by atoms with Crippen LogP contribution in [0.25, 0.3) is 0 Å². The highest BCUT2D eigenvalue weighted by molar-refractivity contribution is 5.76. The highest BCUT2D eigenvalue weighted by Crippen LogP contribution is 2.68. The number of rotatable bonds is 5. The van der Waals surface area contributed by atoms with Crippen molar-refractivity contribution in [2.24, 2.45) is 22.7 Å². The smallest absolute Gasteiger partial charge is 0.323 e. The Bertz CT molecular complexity index is 304. The van der Waals surface area contributed by atoms with Crippen LogP contribution in [-0.2, 0) is 9.53 Å². The molecule has 2 fully saturated rings. The number of carbonyl (C=O) groups is 1. The van der Waals surface area contributed by atoms with Gasteiger partial charge in [-0.1, -0.05) is 27.7 Å². The van der Waals surface area contributed by atoms with Crippen LogP contribution in [-0.4, -0.2) is 25.7 Å². The summed E-state index contributed by atoms with van der Waals surface area (Å²) in [6.07, 6.45) is 2.31. The molecule has 0 heterocycles. The molecule has 1 unspecified atom stereocenters. The Morgan fingerprint density at radius 3 is 2.18 bits per heavy atom. The summed E-state index contributed by atoms with van der Waals surface area (Å²) in [4.78, 5) is 11.7. The predicted molar refractivity (Wildman–Crippen MR) is 67.6 cm³/mol. The highest BCUT2D eigenvalue weighted by atomic mass is 16.5. The Hall–Kier alpha value is -0.570. The molecule has 2 saturated carbocycles. The molecule has 3 nitrogen and oxygen atoms in total. The minimum absolute atomic E-state index is 0.0767. The number of methoxy groups -OCH3 is 1. The maximum Gasteiger partial charge on any atom is 0.323 e. The normalized spacial score (nSPS) is 27.6. The average Bonchev–Trinajstić information content (AvgIpc) is 3.12. The third kappa shape index (κ3) is 2.10. The lowest BCUT2D eigenvalue weighted by atomic mass is 10.0. The van der Waals surface area contributed by atoms with E-state index in [1.807, 2.05) is 0 Å². The fourth-order valence-corrected chi connectivity index (χ4v) is 3.09. The van der Waals surface area contributed by atoms with Crippen LogP contribution < -0.4 is 5.32 Å². The third-order valence-electron chi connectivity index (χ3n) is 5.41. The molecule has 0 aromatic rings. The van der Waals surface area contributed by atoms with Gasteiger partial charge in [-0.15, -0.1) is 0 Å². The molecule has 0 aliphatic heterocycles. The second-order valence-corrected chi connectivity index (χ2v) is 6.74. The molecule has 0 spiro atoms. The lowest BCUT2D eigenvalue weighted by Crippen LogP contribution is -2.41. The third-order valence-corrected chi connectivity index (χ3v) is 5.41. The van der Waals surface area contributed by atoms with Crippen molar-refractivity contribution in [1.82, 2.24) is 5.32 Å². The minimum atomic E-state index is -0.0937. The first-order chi connectivity index (χ1) is 7.82. The van der Waals surface area contributed by atoms with Crippen molar-refractivity contribution in [3.05, 3.63) is 0 Å². The van der Waals surface area contributed by atoms with E-state index >= 15 is 0 Å². The van der Waals surface area contributed by atoms with E-state index < -0.39 is 0 Å². The molecule has 2 rings (SSSR count). The molecule has 0 radical (unpaired) electrons. The summed E-state index contributed by atoms with van der Waals surface area (Å²) in [7, 11) is 1.48. The summed E-state index contributed by atoms with van der Waals surface area (Å²) < 4.78 is 4.87. The lowest BCUT2D eigenvalue weighted by molar-refractivity contribution is -0.143. The van der Waals surface area contributed by atoms with E-state index in [4.69, 9.17) is 4.74 Å². The first-order valence-corrected chi connectivity index (χ1v) is 6.63. The maximum atomic E-state index is 11.7. The summed E-state index contributed by atoms with van der Waals surface area (Å²) in [6, 6.07) is -0.0767. The summed E-state index contributed by atoms with van der Waals surface area (Å²) in [5, 5.41) is 3.43. The molecule has 0 bridgehead atoms. The van der Waals surface area contributed by atoms with Crippen molar-refractivity contribution in [1.29, 1.82) is 0 Å². The van der Waals surface area contributed by atoms with Crippen molar-refractivity contribution >= 4 is 5.97 Å². The van der Waals surface area contributed by atoms with Gasteiger partial charge in [0, 0.05) is 0 Å². The first-order valence-electron chi connectivity index (χ1n) is 6.63. The molecule has 98 valence electrons. The molecular formula is C14H25NO2. The van der Waals surface area contributed by atoms with Crippen LogP contribution in [0.15, 0.2) is 0 Å². The van der Waals surface area contributed by atoms with E-state index in [1.54, 1.807) is 0 Å². The average molecular weight is 239 g/mol. The number of nitrogens with one attached hydrogen (secondary N) is 1. The van der Waals surface area contributed by atoms with Gasteiger partial charge in [-0.2, -0.15) is 0 Å². The van der Waals surface area contributed by atoms with Crippen molar-refractivity contribution in [3.63, 3.8) is 0 Å². The molecule has 0 saturated heterocycles. The molecule has 0 aromatic heterocycles. The van der Waals surface area contributed by atoms with E-state index in [-0.39, 0.29) is 12.0 Å². The largest absolute Gasteiger partial charge is 0.468 e. The molecular weight excluding hydrogens is 214 g/mol. The fraction of sp³-hybridized carbons (Fsp3) is 0.929. The molecule has 0 amide bonds. The standard InChI is InChI=1S/C14H25NO2/c1-13(2)10(14(13,3)4)8-15-11(9-6-7-9)12(16)17-5/h9-11,15H,6-8H2,1-5H3. The predicted octanol–water partition coefficient (Wildman–Crippen LogP) is 2.21. The van der Waals surface area contributed by atoms with Gasteiger partial charge in [0.15, 0.2) is 0 Å². The van der Waals surface area contributed by atoms with Gasteiger partial charge in [0.25, 0.3) is 0 Å². The highest BCUT2D eigenvalue weighted by Gasteiger charge is 2.64. The Kier molecular flexibility index (Phi) is 3.01. The maximum absolute atomic E-state index is 11.7. The number of ether oxygens (including phenoxy) is 1. The molecule has 1 N–H and O–H groups in total. The number of hydrogen-bond acceptors (Lipinski definition) is 3. The zero-order chi connectivity index (χ0) is 12.8. The van der Waals surface area contributed by atoms with Crippen molar-refractivity contribution in [2.75, 3.05) is 13.7 Å². The van der Waals surface area contributed by atoms with E-state index in [0.29, 0.717) is 22.7 Å². The molecule has 17 heavy (non-hydrogen) atoms. The van der Waals surface area contributed by atoms with Crippen LogP contribution in [0.5, 0.6) is 0 Å². The molecule has 1 atom stereocenters. The van der Waals surface area contributed by atoms with Gasteiger partial charge in [-0.3, -0.25) is 4.79 Å². The second kappa shape index (κ2) is 3.98. The second-order valence-electron chi connectivity index (χ2n) is 6.74. The topological polar surface area (TPSA) is 38.3 Å². The van der Waals surface area contributed by atoms with Crippen LogP contribution >= 0.6 is 0 Å². The Morgan fingerprint density at radius 1 is 1.29 bits per heavy atom. The van der Waals surface area contributed by atoms with Crippen LogP contribution in [0, 0.1) is 22.7 Å². The molecule has 2 aliphatic carbocycles. The van der Waals surface area contributed by atoms with Crippen molar-refractivity contribution < 1.29 is 9.53 Å². The fourth-order valence-electron chi connectivity index (χ4n) is 3.09. The van der Waals surface area contributed by atoms with Gasteiger partial charge in [0.1, 0.15) is 6.04 Å². The van der Waals surface area contributed by atoms with Crippen LogP contribution in [0.3, 0.4) is 0 Å². The summed E-state index contributed by atoms with van der Waals surface area (Å²) in [5.74, 6) is 1.07. The van der Waals surface area contributed by atoms with Gasteiger partial charge < -0.3 is 10.1 Å². The quantitative estimate of drug-likeness (QED) is 0.748. The Balaban J connectivity index is 1.87. The summed E-state index contributed by atoms with van der Waals surface area (Å²) >= 11 is 0. The van der Waals surface area contributed by atoms with Gasteiger partial charge >= 0.3 is 5.97 Å².